The molecule has 3 rings (SSSR count). The van der Waals surface area contributed by atoms with Crippen molar-refractivity contribution in [3.63, 3.8) is 0 Å². The van der Waals surface area contributed by atoms with E-state index >= 15 is 0 Å². The third-order valence-electron chi connectivity index (χ3n) is 3.69. The van der Waals surface area contributed by atoms with Crippen molar-refractivity contribution in [1.29, 1.82) is 0 Å². The number of amides is 3. The van der Waals surface area contributed by atoms with E-state index in [1.54, 1.807) is 5.32 Å². The molecule has 13 heteroatoms. The van der Waals surface area contributed by atoms with Gasteiger partial charge in [0, 0.05) is 24.0 Å². The van der Waals surface area contributed by atoms with E-state index in [1.807, 2.05) is 0 Å². The lowest BCUT2D eigenvalue weighted by Gasteiger charge is -2.13. The summed E-state index contributed by atoms with van der Waals surface area (Å²) in [7, 11) is 0. The van der Waals surface area contributed by atoms with Gasteiger partial charge >= 0.3 is 6.03 Å². The average Bonchev–Trinajstić information content (AvgIpc) is 2.65. The Morgan fingerprint density at radius 1 is 0.875 bits per heavy atom. The van der Waals surface area contributed by atoms with Crippen molar-refractivity contribution in [2.24, 2.45) is 0 Å². The van der Waals surface area contributed by atoms with E-state index in [9.17, 15) is 22.8 Å². The van der Waals surface area contributed by atoms with Crippen LogP contribution in [0.25, 0.3) is 0 Å². The number of hydrogen-bond donors (Lipinski definition) is 2. The van der Waals surface area contributed by atoms with Crippen molar-refractivity contribution in [1.82, 2.24) is 10.3 Å². The molecule has 1 heterocycles. The van der Waals surface area contributed by atoms with E-state index in [2.05, 4.69) is 10.3 Å². The standard InChI is InChI=1S/C19H8Cl4F3N3O3/c20-7-1-12(23)18(27-6-7)32-16-10(21)4-9(5-11(16)22)28-19(31)29-17(30)15-13(25)2-8(24)3-14(15)26/h1-6H,(H2,28,29,30,31). The number of rotatable bonds is 4. The Balaban J connectivity index is 1.74. The van der Waals surface area contributed by atoms with Crippen molar-refractivity contribution in [2.75, 3.05) is 5.32 Å². The van der Waals surface area contributed by atoms with Crippen LogP contribution in [-0.2, 0) is 0 Å². The zero-order valence-electron chi connectivity index (χ0n) is 15.3. The molecule has 0 aliphatic rings. The highest BCUT2D eigenvalue weighted by Crippen LogP contribution is 2.40. The van der Waals surface area contributed by atoms with Gasteiger partial charge < -0.3 is 10.1 Å². The third kappa shape index (κ3) is 5.55. The monoisotopic (exact) mass is 523 g/mol. The molecule has 2 aromatic carbocycles. The number of anilines is 1. The first-order valence-electron chi connectivity index (χ1n) is 8.30. The average molecular weight is 525 g/mol. The van der Waals surface area contributed by atoms with E-state index in [4.69, 9.17) is 51.1 Å². The van der Waals surface area contributed by atoms with Gasteiger partial charge in [0.1, 0.15) is 28.0 Å². The van der Waals surface area contributed by atoms with Gasteiger partial charge in [-0.15, -0.1) is 0 Å². The maximum Gasteiger partial charge on any atom is 0.326 e. The van der Waals surface area contributed by atoms with Crippen LogP contribution in [0.3, 0.4) is 0 Å². The number of nitrogens with zero attached hydrogens (tertiary/aromatic N) is 1. The number of halogens is 7. The van der Waals surface area contributed by atoms with Gasteiger partial charge in [-0.25, -0.2) is 22.9 Å². The first-order chi connectivity index (χ1) is 15.0. The van der Waals surface area contributed by atoms with Crippen LogP contribution in [0.5, 0.6) is 11.6 Å². The summed E-state index contributed by atoms with van der Waals surface area (Å²) in [6.07, 6.45) is 1.29. The van der Waals surface area contributed by atoms with Gasteiger partial charge in [0.15, 0.2) is 5.75 Å². The van der Waals surface area contributed by atoms with Crippen LogP contribution in [-0.4, -0.2) is 16.9 Å². The summed E-state index contributed by atoms with van der Waals surface area (Å²) < 4.78 is 45.8. The summed E-state index contributed by atoms with van der Waals surface area (Å²) in [6.45, 7) is 0. The molecule has 3 amide bonds. The molecule has 0 saturated carbocycles. The fourth-order valence-corrected chi connectivity index (χ4v) is 3.37. The summed E-state index contributed by atoms with van der Waals surface area (Å²) in [5.41, 5.74) is -1.12. The van der Waals surface area contributed by atoms with Crippen LogP contribution in [0.2, 0.25) is 20.1 Å². The molecule has 0 atom stereocenters. The summed E-state index contributed by atoms with van der Waals surface area (Å²) in [5.74, 6) is -5.68. The van der Waals surface area contributed by atoms with Crippen LogP contribution in [0.15, 0.2) is 36.5 Å². The molecular weight excluding hydrogens is 517 g/mol. The number of urea groups is 1. The Kier molecular flexibility index (Phi) is 7.35. The van der Waals surface area contributed by atoms with E-state index in [0.29, 0.717) is 12.1 Å². The Morgan fingerprint density at radius 2 is 1.47 bits per heavy atom. The van der Waals surface area contributed by atoms with Crippen molar-refractivity contribution in [3.05, 3.63) is 79.6 Å². The molecule has 32 heavy (non-hydrogen) atoms. The molecule has 0 saturated heterocycles. The zero-order valence-corrected chi connectivity index (χ0v) is 18.3. The fourth-order valence-electron chi connectivity index (χ4n) is 2.39. The largest absolute Gasteiger partial charge is 0.434 e. The first-order valence-corrected chi connectivity index (χ1v) is 9.81. The van der Waals surface area contributed by atoms with Gasteiger partial charge in [-0.05, 0) is 18.2 Å². The minimum absolute atomic E-state index is 0.00728. The van der Waals surface area contributed by atoms with Gasteiger partial charge in [0.05, 0.1) is 15.1 Å². The summed E-state index contributed by atoms with van der Waals surface area (Å²) in [4.78, 5) is 27.9. The molecular formula is C19H8Cl4F3N3O3. The molecule has 166 valence electrons. The van der Waals surface area contributed by atoms with Crippen LogP contribution in [0.4, 0.5) is 23.7 Å². The molecule has 6 nitrogen and oxygen atoms in total. The number of ether oxygens (including phenoxy) is 1. The fraction of sp³-hybridized carbons (Fsp3) is 0. The lowest BCUT2D eigenvalue weighted by Crippen LogP contribution is -2.35. The molecule has 0 fully saturated rings. The number of hydrogen-bond acceptors (Lipinski definition) is 4. The molecule has 0 spiro atoms. The number of pyridine rings is 1. The second-order valence-corrected chi connectivity index (χ2v) is 7.62. The second kappa shape index (κ2) is 9.83. The Labute approximate surface area is 198 Å². The predicted molar refractivity (Wildman–Crippen MR) is 114 cm³/mol. The highest BCUT2D eigenvalue weighted by Gasteiger charge is 2.21. The lowest BCUT2D eigenvalue weighted by atomic mass is 10.2. The van der Waals surface area contributed by atoms with Crippen LogP contribution >= 0.6 is 46.4 Å². The molecule has 0 bridgehead atoms. The van der Waals surface area contributed by atoms with Crippen molar-refractivity contribution in [3.8, 4) is 11.6 Å². The minimum Gasteiger partial charge on any atom is -0.434 e. The molecule has 0 radical (unpaired) electrons. The van der Waals surface area contributed by atoms with Gasteiger partial charge in [-0.1, -0.05) is 46.4 Å². The molecule has 0 aliphatic carbocycles. The van der Waals surface area contributed by atoms with E-state index in [-0.39, 0.29) is 37.4 Å². The number of carbonyl (C=O) groups excluding carboxylic acids is 2. The van der Waals surface area contributed by atoms with E-state index < -0.39 is 35.0 Å². The van der Waals surface area contributed by atoms with Crippen LogP contribution in [0, 0.1) is 17.5 Å². The number of benzene rings is 2. The van der Waals surface area contributed by atoms with Crippen molar-refractivity contribution < 1.29 is 27.5 Å². The first kappa shape index (κ1) is 23.9. The van der Waals surface area contributed by atoms with Crippen molar-refractivity contribution in [2.45, 2.75) is 0 Å². The van der Waals surface area contributed by atoms with E-state index in [0.717, 1.165) is 0 Å². The Hall–Kier alpha value is -2.72. The van der Waals surface area contributed by atoms with Crippen LogP contribution in [0.1, 0.15) is 10.4 Å². The smallest absolute Gasteiger partial charge is 0.326 e. The number of aromatic nitrogens is 1. The number of imide groups is 1. The van der Waals surface area contributed by atoms with Crippen LogP contribution < -0.4 is 15.4 Å². The third-order valence-corrected chi connectivity index (χ3v) is 4.73. The Bertz CT molecular complexity index is 1200. The van der Waals surface area contributed by atoms with Gasteiger partial charge in [0.2, 0.25) is 5.88 Å². The highest BCUT2D eigenvalue weighted by molar-refractivity contribution is 6.38. The summed E-state index contributed by atoms with van der Waals surface area (Å²) in [5, 5.41) is 4.15. The second-order valence-electron chi connectivity index (χ2n) is 5.96. The van der Waals surface area contributed by atoms with Gasteiger partial charge in [-0.3, -0.25) is 10.1 Å². The lowest BCUT2D eigenvalue weighted by molar-refractivity contribution is 0.0958. The SMILES string of the molecule is O=C(NC(=O)c1c(F)cc(F)cc1F)Nc1cc(Cl)c(Oc2ncc(Cl)cc2Cl)c(Cl)c1. The molecule has 3 aromatic rings. The molecule has 2 N–H and O–H groups in total. The zero-order chi connectivity index (χ0) is 23.6. The quantitative estimate of drug-likeness (QED) is 0.390. The molecule has 0 aliphatic heterocycles. The van der Waals surface area contributed by atoms with Gasteiger partial charge in [-0.2, -0.15) is 0 Å². The number of nitrogens with one attached hydrogen (secondary N) is 2. The summed E-state index contributed by atoms with van der Waals surface area (Å²) in [6, 6.07) is 3.26. The topological polar surface area (TPSA) is 80.3 Å². The molecule has 1 aromatic heterocycles. The molecule has 0 unspecified atom stereocenters. The maximum absolute atomic E-state index is 13.7. The van der Waals surface area contributed by atoms with E-state index in [1.165, 1.54) is 24.4 Å². The van der Waals surface area contributed by atoms with Crippen molar-refractivity contribution >= 4 is 64.0 Å². The Morgan fingerprint density at radius 3 is 2.03 bits per heavy atom. The van der Waals surface area contributed by atoms with Gasteiger partial charge in [0.25, 0.3) is 5.91 Å². The normalized spacial score (nSPS) is 10.6. The number of carbonyl (C=O) groups is 2. The predicted octanol–water partition coefficient (Wildman–Crippen LogP) is 6.87. The minimum atomic E-state index is -1.48. The summed E-state index contributed by atoms with van der Waals surface area (Å²) >= 11 is 24.0. The maximum atomic E-state index is 13.7. The highest BCUT2D eigenvalue weighted by atomic mass is 35.5.